The Bertz CT molecular complexity index is 583. The molecule has 3 aliphatic rings. The first-order chi connectivity index (χ1) is 11.4. The molecule has 0 spiro atoms. The van der Waals surface area contributed by atoms with Crippen molar-refractivity contribution in [3.05, 3.63) is 29.3 Å². The highest BCUT2D eigenvalue weighted by molar-refractivity contribution is 5.40. The molecule has 1 aromatic rings. The van der Waals surface area contributed by atoms with Gasteiger partial charge in [-0.15, -0.1) is 0 Å². The molecule has 1 N–H and O–H groups in total. The molecule has 1 nitrogen and oxygen atoms in total. The summed E-state index contributed by atoms with van der Waals surface area (Å²) in [4.78, 5) is 0. The van der Waals surface area contributed by atoms with Crippen molar-refractivity contribution in [2.45, 2.75) is 78.3 Å². The van der Waals surface area contributed by atoms with E-state index in [-0.39, 0.29) is 11.3 Å². The minimum atomic E-state index is -0.722. The summed E-state index contributed by atoms with van der Waals surface area (Å²) in [6.07, 6.45) is 5.88. The number of rotatable bonds is 0. The van der Waals surface area contributed by atoms with Gasteiger partial charge in [0.1, 0.15) is 11.9 Å². The number of hydrogen-bond acceptors (Lipinski definition) is 1. The Morgan fingerprint density at radius 1 is 1.21 bits per heavy atom. The molecule has 0 amide bonds. The van der Waals surface area contributed by atoms with E-state index in [1.54, 1.807) is 6.07 Å². The van der Waals surface area contributed by atoms with Crippen LogP contribution in [-0.2, 0) is 6.42 Å². The average molecular weight is 333 g/mol. The second kappa shape index (κ2) is 6.69. The first-order valence-electron chi connectivity index (χ1n) is 9.88. The van der Waals surface area contributed by atoms with Crippen LogP contribution in [0.1, 0.15) is 76.8 Å². The fourth-order valence-electron chi connectivity index (χ4n) is 5.84. The van der Waals surface area contributed by atoms with E-state index >= 15 is 4.39 Å². The zero-order valence-corrected chi connectivity index (χ0v) is 15.7. The van der Waals surface area contributed by atoms with E-state index in [0.29, 0.717) is 23.5 Å². The minimum Gasteiger partial charge on any atom is -0.508 e. The second-order valence-corrected chi connectivity index (χ2v) is 8.63. The van der Waals surface area contributed by atoms with Crippen molar-refractivity contribution in [1.29, 1.82) is 0 Å². The van der Waals surface area contributed by atoms with Gasteiger partial charge in [-0.3, -0.25) is 0 Å². The zero-order valence-electron chi connectivity index (χ0n) is 15.7. The Morgan fingerprint density at radius 3 is 2.62 bits per heavy atom. The SMILES string of the molecule is CC1CCC2C3CCc4cc(O)ccc4C3C(F)CC12C.CCC. The predicted molar refractivity (Wildman–Crippen MR) is 98.1 cm³/mol. The summed E-state index contributed by atoms with van der Waals surface area (Å²) in [5.74, 6) is 2.23. The first kappa shape index (κ1) is 17.8. The van der Waals surface area contributed by atoms with Crippen LogP contribution in [0.25, 0.3) is 0 Å². The van der Waals surface area contributed by atoms with Crippen LogP contribution in [0.15, 0.2) is 18.2 Å². The van der Waals surface area contributed by atoms with Crippen molar-refractivity contribution in [1.82, 2.24) is 0 Å². The fourth-order valence-corrected chi connectivity index (χ4v) is 5.84. The van der Waals surface area contributed by atoms with Crippen LogP contribution >= 0.6 is 0 Å². The average Bonchev–Trinajstić information content (AvgIpc) is 2.82. The lowest BCUT2D eigenvalue weighted by Crippen LogP contribution is -2.47. The van der Waals surface area contributed by atoms with E-state index in [9.17, 15) is 5.11 Å². The third kappa shape index (κ3) is 2.76. The first-order valence-corrected chi connectivity index (χ1v) is 9.88. The summed E-state index contributed by atoms with van der Waals surface area (Å²) < 4.78 is 15.1. The Balaban J connectivity index is 0.000000526. The molecule has 0 bridgehead atoms. The molecule has 6 unspecified atom stereocenters. The van der Waals surface area contributed by atoms with Crippen LogP contribution < -0.4 is 0 Å². The molecule has 24 heavy (non-hydrogen) atoms. The molecule has 4 rings (SSSR count). The predicted octanol–water partition coefficient (Wildman–Crippen LogP) is 6.25. The van der Waals surface area contributed by atoms with Crippen molar-refractivity contribution in [3.8, 4) is 5.75 Å². The molecular formula is C22H33FO. The van der Waals surface area contributed by atoms with Crippen molar-refractivity contribution >= 4 is 0 Å². The molecule has 3 aliphatic carbocycles. The lowest BCUT2D eigenvalue weighted by Gasteiger charge is -2.52. The highest BCUT2D eigenvalue weighted by atomic mass is 19.1. The molecule has 0 aliphatic heterocycles. The molecule has 0 saturated heterocycles. The van der Waals surface area contributed by atoms with E-state index in [1.165, 1.54) is 30.4 Å². The number of phenolic OH excluding ortho intramolecular Hbond substituents is 1. The minimum absolute atomic E-state index is 0.0673. The summed E-state index contributed by atoms with van der Waals surface area (Å²) in [6.45, 7) is 8.91. The maximum absolute atomic E-state index is 15.1. The van der Waals surface area contributed by atoms with E-state index in [2.05, 4.69) is 27.7 Å². The summed E-state index contributed by atoms with van der Waals surface area (Å²) in [5, 5.41) is 9.68. The second-order valence-electron chi connectivity index (χ2n) is 8.63. The lowest BCUT2D eigenvalue weighted by molar-refractivity contribution is -0.0180. The number of fused-ring (bicyclic) bond motifs is 5. The monoisotopic (exact) mass is 332 g/mol. The molecule has 1 aromatic carbocycles. The van der Waals surface area contributed by atoms with Crippen LogP contribution in [0, 0.1) is 23.2 Å². The number of halogens is 1. The number of benzene rings is 1. The lowest BCUT2D eigenvalue weighted by atomic mass is 9.53. The Morgan fingerprint density at radius 2 is 1.92 bits per heavy atom. The largest absolute Gasteiger partial charge is 0.508 e. The third-order valence-electron chi connectivity index (χ3n) is 7.12. The quantitative estimate of drug-likeness (QED) is 0.595. The molecule has 2 fully saturated rings. The number of aromatic hydroxyl groups is 1. The van der Waals surface area contributed by atoms with Crippen molar-refractivity contribution in [3.63, 3.8) is 0 Å². The third-order valence-corrected chi connectivity index (χ3v) is 7.12. The number of aryl methyl sites for hydroxylation is 1. The van der Waals surface area contributed by atoms with Crippen LogP contribution in [0.3, 0.4) is 0 Å². The van der Waals surface area contributed by atoms with Gasteiger partial charge in [-0.1, -0.05) is 40.2 Å². The maximum Gasteiger partial charge on any atom is 0.115 e. The van der Waals surface area contributed by atoms with Gasteiger partial charge in [0.25, 0.3) is 0 Å². The van der Waals surface area contributed by atoms with E-state index in [0.717, 1.165) is 19.3 Å². The summed E-state index contributed by atoms with van der Waals surface area (Å²) in [5.41, 5.74) is 2.56. The molecule has 0 aromatic heterocycles. The van der Waals surface area contributed by atoms with E-state index < -0.39 is 6.17 Å². The topological polar surface area (TPSA) is 20.2 Å². The van der Waals surface area contributed by atoms with Gasteiger partial charge in [-0.25, -0.2) is 4.39 Å². The van der Waals surface area contributed by atoms with Crippen LogP contribution in [0.4, 0.5) is 4.39 Å². The van der Waals surface area contributed by atoms with Gasteiger partial charge < -0.3 is 5.11 Å². The van der Waals surface area contributed by atoms with Gasteiger partial charge in [0.05, 0.1) is 0 Å². The van der Waals surface area contributed by atoms with Gasteiger partial charge in [-0.05, 0) is 78.5 Å². The van der Waals surface area contributed by atoms with E-state index in [4.69, 9.17) is 0 Å². The fraction of sp³-hybridized carbons (Fsp3) is 0.727. The van der Waals surface area contributed by atoms with Gasteiger partial charge in [-0.2, -0.15) is 0 Å². The Kier molecular flexibility index (Phi) is 4.95. The van der Waals surface area contributed by atoms with Gasteiger partial charge in [0, 0.05) is 5.92 Å². The maximum atomic E-state index is 15.1. The highest BCUT2D eigenvalue weighted by Gasteiger charge is 2.56. The molecular weight excluding hydrogens is 299 g/mol. The van der Waals surface area contributed by atoms with Gasteiger partial charge >= 0.3 is 0 Å². The Labute approximate surface area is 146 Å². The number of phenols is 1. The highest BCUT2D eigenvalue weighted by Crippen LogP contribution is 2.63. The van der Waals surface area contributed by atoms with Crippen molar-refractivity contribution in [2.24, 2.45) is 23.2 Å². The number of hydrogen-bond donors (Lipinski definition) is 1. The normalized spacial score (nSPS) is 40.0. The molecule has 134 valence electrons. The number of alkyl halides is 1. The smallest absolute Gasteiger partial charge is 0.115 e. The van der Waals surface area contributed by atoms with Crippen LogP contribution in [0.2, 0.25) is 0 Å². The van der Waals surface area contributed by atoms with Crippen LogP contribution in [-0.4, -0.2) is 11.3 Å². The summed E-state index contributed by atoms with van der Waals surface area (Å²) >= 11 is 0. The molecule has 2 saturated carbocycles. The van der Waals surface area contributed by atoms with Crippen LogP contribution in [0.5, 0.6) is 5.75 Å². The Hall–Kier alpha value is -1.05. The molecule has 6 atom stereocenters. The summed E-state index contributed by atoms with van der Waals surface area (Å²) in [7, 11) is 0. The van der Waals surface area contributed by atoms with Gasteiger partial charge in [0.2, 0.25) is 0 Å². The standard InChI is InChI=1S/C19H25FO.C3H8/c1-11-3-8-16-15-6-4-12-9-13(21)5-7-14(12)18(15)17(20)10-19(11,16)2;1-3-2/h5,7,9,11,15-18,21H,3-4,6,8,10H2,1-2H3;3H2,1-2H3. The molecule has 0 heterocycles. The van der Waals surface area contributed by atoms with Crippen molar-refractivity contribution < 1.29 is 9.50 Å². The molecule has 0 radical (unpaired) electrons. The van der Waals surface area contributed by atoms with E-state index in [1.807, 2.05) is 12.1 Å². The van der Waals surface area contributed by atoms with Gasteiger partial charge in [0.15, 0.2) is 0 Å². The van der Waals surface area contributed by atoms with Crippen molar-refractivity contribution in [2.75, 3.05) is 0 Å². The molecule has 2 heteroatoms. The zero-order chi connectivity index (χ0) is 17.5. The summed E-state index contributed by atoms with van der Waals surface area (Å²) in [6, 6.07) is 5.57.